The van der Waals surface area contributed by atoms with Crippen LogP contribution < -0.4 is 5.73 Å². The lowest BCUT2D eigenvalue weighted by Crippen LogP contribution is -2.05. The van der Waals surface area contributed by atoms with Crippen molar-refractivity contribution in [3.63, 3.8) is 0 Å². The van der Waals surface area contributed by atoms with E-state index in [0.29, 0.717) is 11.4 Å². The summed E-state index contributed by atoms with van der Waals surface area (Å²) in [5, 5.41) is 0. The Morgan fingerprint density at radius 1 is 1.32 bits per heavy atom. The van der Waals surface area contributed by atoms with Crippen LogP contribution in [0.25, 0.3) is 5.57 Å². The zero-order valence-electron chi connectivity index (χ0n) is 13.3. The van der Waals surface area contributed by atoms with Crippen LogP contribution in [0.15, 0.2) is 64.8 Å². The largest absolute Gasteiger partial charge is 0.387 e. The topological polar surface area (TPSA) is 38.4 Å². The molecular formula is C19H21FN2. The van der Waals surface area contributed by atoms with Gasteiger partial charge in [-0.3, -0.25) is 0 Å². The Morgan fingerprint density at radius 3 is 2.64 bits per heavy atom. The fourth-order valence-corrected chi connectivity index (χ4v) is 2.30. The van der Waals surface area contributed by atoms with Crippen LogP contribution in [-0.2, 0) is 0 Å². The van der Waals surface area contributed by atoms with Crippen LogP contribution in [0.2, 0.25) is 0 Å². The summed E-state index contributed by atoms with van der Waals surface area (Å²) in [5.74, 6) is 0.336. The summed E-state index contributed by atoms with van der Waals surface area (Å²) in [5.41, 5.74) is 11.3. The molecule has 2 N–H and O–H groups in total. The van der Waals surface area contributed by atoms with Crippen LogP contribution in [0, 0.1) is 12.7 Å². The Morgan fingerprint density at radius 2 is 2.05 bits per heavy atom. The minimum atomic E-state index is -0.173. The summed E-state index contributed by atoms with van der Waals surface area (Å²) in [6, 6.07) is 5.21. The van der Waals surface area contributed by atoms with E-state index in [0.717, 1.165) is 28.8 Å². The Hall–Kier alpha value is -2.42. The van der Waals surface area contributed by atoms with Crippen molar-refractivity contribution in [1.82, 2.24) is 0 Å². The van der Waals surface area contributed by atoms with Crippen LogP contribution in [-0.4, -0.2) is 5.84 Å². The summed E-state index contributed by atoms with van der Waals surface area (Å²) >= 11 is 0. The fourth-order valence-electron chi connectivity index (χ4n) is 2.30. The standard InChI is InChI=1S/C19H21FN2/c1-12(2)19(22-14(4)21)11-15-5-6-17(10-15)16-7-8-18(20)13(3)9-16/h5-9,11H,1,10H2,2-4H3,(H2,21,22)/b19-11-. The molecule has 0 heterocycles. The van der Waals surface area contributed by atoms with Crippen molar-refractivity contribution in [1.29, 1.82) is 0 Å². The molecule has 114 valence electrons. The van der Waals surface area contributed by atoms with Gasteiger partial charge in [0.1, 0.15) is 5.82 Å². The van der Waals surface area contributed by atoms with E-state index in [1.807, 2.05) is 25.1 Å². The van der Waals surface area contributed by atoms with Gasteiger partial charge in [0, 0.05) is 0 Å². The third-order valence-electron chi connectivity index (χ3n) is 3.48. The van der Waals surface area contributed by atoms with E-state index in [9.17, 15) is 4.39 Å². The SMILES string of the molecule is C=C(C)/C(=C/C1=CC=C(c2ccc(F)c(C)c2)C1)N=C(C)N. The molecule has 2 rings (SSSR count). The van der Waals surface area contributed by atoms with Crippen LogP contribution in [0.4, 0.5) is 4.39 Å². The lowest BCUT2D eigenvalue weighted by Gasteiger charge is -2.07. The van der Waals surface area contributed by atoms with Gasteiger partial charge in [-0.1, -0.05) is 24.8 Å². The van der Waals surface area contributed by atoms with E-state index in [1.54, 1.807) is 13.8 Å². The quantitative estimate of drug-likeness (QED) is 0.489. The van der Waals surface area contributed by atoms with Crippen LogP contribution in [0.1, 0.15) is 31.4 Å². The maximum Gasteiger partial charge on any atom is 0.126 e. The molecule has 0 saturated heterocycles. The molecule has 0 aliphatic heterocycles. The van der Waals surface area contributed by atoms with Gasteiger partial charge in [-0.2, -0.15) is 0 Å². The molecule has 1 aliphatic carbocycles. The number of rotatable bonds is 4. The number of nitrogens with two attached hydrogens (primary N) is 1. The maximum absolute atomic E-state index is 13.4. The number of aliphatic imine (C=N–C) groups is 1. The van der Waals surface area contributed by atoms with Gasteiger partial charge in [0.25, 0.3) is 0 Å². The molecule has 3 heteroatoms. The van der Waals surface area contributed by atoms with Crippen LogP contribution in [0.3, 0.4) is 0 Å². The summed E-state index contributed by atoms with van der Waals surface area (Å²) in [4.78, 5) is 4.31. The maximum atomic E-state index is 13.4. The van der Waals surface area contributed by atoms with Gasteiger partial charge in [0.05, 0.1) is 11.5 Å². The van der Waals surface area contributed by atoms with E-state index in [2.05, 4.69) is 23.7 Å². The molecule has 0 atom stereocenters. The van der Waals surface area contributed by atoms with Gasteiger partial charge in [-0.25, -0.2) is 9.38 Å². The molecule has 0 saturated carbocycles. The highest BCUT2D eigenvalue weighted by atomic mass is 19.1. The van der Waals surface area contributed by atoms with Gasteiger partial charge < -0.3 is 5.73 Å². The number of nitrogens with zero attached hydrogens (tertiary/aromatic N) is 1. The zero-order chi connectivity index (χ0) is 16.3. The van der Waals surface area contributed by atoms with Crippen LogP contribution in [0.5, 0.6) is 0 Å². The number of hydrogen-bond donors (Lipinski definition) is 1. The molecular weight excluding hydrogens is 275 g/mol. The first-order valence-corrected chi connectivity index (χ1v) is 7.21. The molecule has 1 aromatic carbocycles. The lowest BCUT2D eigenvalue weighted by atomic mass is 10.00. The fraction of sp³-hybridized carbons (Fsp3) is 0.211. The molecule has 1 aromatic rings. The highest BCUT2D eigenvalue weighted by molar-refractivity contribution is 5.79. The molecule has 2 nitrogen and oxygen atoms in total. The zero-order valence-corrected chi connectivity index (χ0v) is 13.3. The third kappa shape index (κ3) is 3.82. The second-order valence-electron chi connectivity index (χ2n) is 5.64. The predicted molar refractivity (Wildman–Crippen MR) is 92.0 cm³/mol. The average molecular weight is 296 g/mol. The monoisotopic (exact) mass is 296 g/mol. The number of hydrogen-bond acceptors (Lipinski definition) is 1. The molecule has 0 amide bonds. The number of aryl methyl sites for hydroxylation is 1. The number of allylic oxidation sites excluding steroid dienone is 6. The molecule has 1 aliphatic rings. The predicted octanol–water partition coefficient (Wildman–Crippen LogP) is 4.68. The minimum Gasteiger partial charge on any atom is -0.387 e. The van der Waals surface area contributed by atoms with Crippen molar-refractivity contribution in [2.75, 3.05) is 0 Å². The Kier molecular flexibility index (Phi) is 4.76. The number of halogens is 1. The Labute approximate surface area is 131 Å². The highest BCUT2D eigenvalue weighted by Gasteiger charge is 2.11. The average Bonchev–Trinajstić information content (AvgIpc) is 2.89. The molecule has 0 unspecified atom stereocenters. The van der Waals surface area contributed by atoms with Crippen molar-refractivity contribution in [2.45, 2.75) is 27.2 Å². The van der Waals surface area contributed by atoms with Gasteiger partial charge in [-0.15, -0.1) is 0 Å². The van der Waals surface area contributed by atoms with Gasteiger partial charge in [0.2, 0.25) is 0 Å². The summed E-state index contributed by atoms with van der Waals surface area (Å²) < 4.78 is 13.4. The summed E-state index contributed by atoms with van der Waals surface area (Å²) in [6.07, 6.45) is 6.91. The van der Waals surface area contributed by atoms with E-state index in [-0.39, 0.29) is 5.82 Å². The van der Waals surface area contributed by atoms with Crippen molar-refractivity contribution in [3.8, 4) is 0 Å². The molecule has 0 radical (unpaired) electrons. The molecule has 22 heavy (non-hydrogen) atoms. The van der Waals surface area contributed by atoms with E-state index in [4.69, 9.17) is 5.73 Å². The second-order valence-corrected chi connectivity index (χ2v) is 5.64. The van der Waals surface area contributed by atoms with Crippen molar-refractivity contribution >= 4 is 11.4 Å². The smallest absolute Gasteiger partial charge is 0.126 e. The van der Waals surface area contributed by atoms with E-state index >= 15 is 0 Å². The molecule has 0 bridgehead atoms. The lowest BCUT2D eigenvalue weighted by molar-refractivity contribution is 0.618. The van der Waals surface area contributed by atoms with Gasteiger partial charge >= 0.3 is 0 Å². The Balaban J connectivity index is 2.18. The third-order valence-corrected chi connectivity index (χ3v) is 3.48. The first kappa shape index (κ1) is 16.0. The minimum absolute atomic E-state index is 0.173. The molecule has 0 spiro atoms. The van der Waals surface area contributed by atoms with Crippen molar-refractivity contribution in [2.24, 2.45) is 10.7 Å². The van der Waals surface area contributed by atoms with E-state index < -0.39 is 0 Å². The van der Waals surface area contributed by atoms with Gasteiger partial charge in [0.15, 0.2) is 0 Å². The van der Waals surface area contributed by atoms with Crippen LogP contribution >= 0.6 is 0 Å². The number of amidine groups is 1. The number of benzene rings is 1. The second kappa shape index (κ2) is 6.56. The molecule has 0 aromatic heterocycles. The highest BCUT2D eigenvalue weighted by Crippen LogP contribution is 2.30. The normalized spacial score (nSPS) is 15.6. The van der Waals surface area contributed by atoms with Crippen molar-refractivity contribution < 1.29 is 4.39 Å². The first-order valence-electron chi connectivity index (χ1n) is 7.21. The summed E-state index contributed by atoms with van der Waals surface area (Å²) in [6.45, 7) is 9.37. The Bertz CT molecular complexity index is 730. The molecule has 0 fully saturated rings. The first-order chi connectivity index (χ1) is 10.4. The van der Waals surface area contributed by atoms with Crippen molar-refractivity contribution in [3.05, 3.63) is 76.8 Å². The van der Waals surface area contributed by atoms with Gasteiger partial charge in [-0.05, 0) is 73.2 Å². The summed E-state index contributed by atoms with van der Waals surface area (Å²) in [7, 11) is 0. The van der Waals surface area contributed by atoms with E-state index in [1.165, 1.54) is 11.6 Å².